The molecule has 3 rings (SSSR count). The number of nitrogens with zero attached hydrogens (tertiary/aromatic N) is 2. The molecule has 0 atom stereocenters. The lowest BCUT2D eigenvalue weighted by molar-refractivity contribution is -0.137. The Balaban J connectivity index is 1.59. The van der Waals surface area contributed by atoms with Crippen LogP contribution in [0.25, 0.3) is 0 Å². The zero-order valence-electron chi connectivity index (χ0n) is 14.0. The lowest BCUT2D eigenvalue weighted by Gasteiger charge is -2.26. The summed E-state index contributed by atoms with van der Waals surface area (Å²) in [4.78, 5) is 18.1. The number of hydrogen-bond donors (Lipinski definition) is 0. The van der Waals surface area contributed by atoms with Crippen molar-refractivity contribution in [2.24, 2.45) is 4.99 Å². The maximum Gasteiger partial charge on any atom is 0.260 e. The van der Waals surface area contributed by atoms with Crippen molar-refractivity contribution in [2.75, 3.05) is 32.9 Å². The molecule has 1 aliphatic heterocycles. The van der Waals surface area contributed by atoms with Crippen LogP contribution in [0.4, 0.5) is 10.1 Å². The Morgan fingerprint density at radius 2 is 2.08 bits per heavy atom. The fourth-order valence-corrected chi connectivity index (χ4v) is 2.97. The number of hydrogen-bond acceptors (Lipinski definition) is 4. The Morgan fingerprint density at radius 1 is 1.27 bits per heavy atom. The first-order chi connectivity index (χ1) is 12.6. The van der Waals surface area contributed by atoms with Gasteiger partial charge >= 0.3 is 0 Å². The first-order valence-corrected chi connectivity index (χ1v) is 8.98. The molecule has 136 valence electrons. The highest BCUT2D eigenvalue weighted by atomic mass is 79.9. The molecule has 5 nitrogen and oxygen atoms in total. The van der Waals surface area contributed by atoms with E-state index in [0.29, 0.717) is 37.7 Å². The summed E-state index contributed by atoms with van der Waals surface area (Å²) in [5.74, 6) is 0.195. The highest BCUT2D eigenvalue weighted by molar-refractivity contribution is 9.10. The summed E-state index contributed by atoms with van der Waals surface area (Å²) in [7, 11) is 0. The molecule has 26 heavy (non-hydrogen) atoms. The molecule has 0 bridgehead atoms. The third-order valence-electron chi connectivity index (χ3n) is 3.84. The van der Waals surface area contributed by atoms with Gasteiger partial charge in [0, 0.05) is 19.3 Å². The predicted molar refractivity (Wildman–Crippen MR) is 101 cm³/mol. The number of benzene rings is 2. The third kappa shape index (κ3) is 5.12. The normalized spacial score (nSPS) is 14.6. The maximum atomic E-state index is 13.2. The van der Waals surface area contributed by atoms with Crippen molar-refractivity contribution in [3.63, 3.8) is 0 Å². The molecule has 0 spiro atoms. The molecule has 2 aromatic carbocycles. The number of rotatable bonds is 5. The molecular weight excluding hydrogens is 403 g/mol. The molecule has 0 saturated carbocycles. The first-order valence-electron chi connectivity index (χ1n) is 8.19. The van der Waals surface area contributed by atoms with Gasteiger partial charge in [-0.3, -0.25) is 9.79 Å². The van der Waals surface area contributed by atoms with Gasteiger partial charge < -0.3 is 14.4 Å². The average Bonchev–Trinajstić information content (AvgIpc) is 2.66. The molecule has 1 aliphatic rings. The molecule has 2 aromatic rings. The Morgan fingerprint density at radius 3 is 2.81 bits per heavy atom. The summed E-state index contributed by atoms with van der Waals surface area (Å²) in [6.45, 7) is 2.30. The zero-order valence-corrected chi connectivity index (χ0v) is 15.6. The van der Waals surface area contributed by atoms with E-state index in [1.807, 2.05) is 12.1 Å². The number of morpholine rings is 1. The fraction of sp³-hybridized carbons (Fsp3) is 0.263. The van der Waals surface area contributed by atoms with Crippen LogP contribution in [-0.2, 0) is 9.53 Å². The molecule has 7 heteroatoms. The minimum atomic E-state index is -0.325. The van der Waals surface area contributed by atoms with Gasteiger partial charge in [0.1, 0.15) is 11.6 Å². The van der Waals surface area contributed by atoms with Gasteiger partial charge in [-0.25, -0.2) is 4.39 Å². The van der Waals surface area contributed by atoms with Crippen molar-refractivity contribution in [1.82, 2.24) is 4.90 Å². The molecule has 1 fully saturated rings. The summed E-state index contributed by atoms with van der Waals surface area (Å²) >= 11 is 3.44. The Labute approximate surface area is 159 Å². The SMILES string of the molecule is O=C(COc1ccc(C=Nc2cccc(F)c2)cc1Br)N1CCOCC1. The number of amides is 1. The van der Waals surface area contributed by atoms with Gasteiger partial charge in [0.2, 0.25) is 0 Å². The molecule has 0 unspecified atom stereocenters. The Hall–Kier alpha value is -2.25. The minimum absolute atomic E-state index is 0.0185. The summed E-state index contributed by atoms with van der Waals surface area (Å²) < 4.78 is 24.7. The summed E-state index contributed by atoms with van der Waals surface area (Å²) in [6.07, 6.45) is 1.64. The molecule has 1 amide bonds. The van der Waals surface area contributed by atoms with Gasteiger partial charge in [-0.1, -0.05) is 6.07 Å². The highest BCUT2D eigenvalue weighted by Gasteiger charge is 2.17. The number of halogens is 2. The van der Waals surface area contributed by atoms with Crippen LogP contribution in [0, 0.1) is 5.82 Å². The van der Waals surface area contributed by atoms with E-state index < -0.39 is 0 Å². The van der Waals surface area contributed by atoms with E-state index in [1.54, 1.807) is 29.3 Å². The van der Waals surface area contributed by atoms with Crippen LogP contribution in [0.1, 0.15) is 5.56 Å². The number of carbonyl (C=O) groups is 1. The monoisotopic (exact) mass is 420 g/mol. The van der Waals surface area contributed by atoms with Crippen LogP contribution in [-0.4, -0.2) is 49.9 Å². The number of aliphatic imine (C=N–C) groups is 1. The van der Waals surface area contributed by atoms with Crippen molar-refractivity contribution in [3.05, 3.63) is 58.3 Å². The number of carbonyl (C=O) groups excluding carboxylic acids is 1. The van der Waals surface area contributed by atoms with Gasteiger partial charge in [0.05, 0.1) is 23.4 Å². The highest BCUT2D eigenvalue weighted by Crippen LogP contribution is 2.26. The van der Waals surface area contributed by atoms with Crippen LogP contribution in [0.15, 0.2) is 51.9 Å². The van der Waals surface area contributed by atoms with Crippen LogP contribution in [0.5, 0.6) is 5.75 Å². The summed E-state index contributed by atoms with van der Waals surface area (Å²) in [6, 6.07) is 11.5. The minimum Gasteiger partial charge on any atom is -0.483 e. The van der Waals surface area contributed by atoms with Gasteiger partial charge in [-0.15, -0.1) is 0 Å². The fourth-order valence-electron chi connectivity index (χ4n) is 2.46. The van der Waals surface area contributed by atoms with Crippen LogP contribution in [0.3, 0.4) is 0 Å². The number of ether oxygens (including phenoxy) is 2. The quantitative estimate of drug-likeness (QED) is 0.694. The molecule has 0 radical (unpaired) electrons. The lowest BCUT2D eigenvalue weighted by atomic mass is 10.2. The van der Waals surface area contributed by atoms with E-state index in [-0.39, 0.29) is 18.3 Å². The van der Waals surface area contributed by atoms with Crippen LogP contribution in [0.2, 0.25) is 0 Å². The van der Waals surface area contributed by atoms with Gasteiger partial charge in [-0.05, 0) is 57.9 Å². The van der Waals surface area contributed by atoms with E-state index >= 15 is 0 Å². The molecule has 0 N–H and O–H groups in total. The van der Waals surface area contributed by atoms with Crippen molar-refractivity contribution in [3.8, 4) is 5.75 Å². The van der Waals surface area contributed by atoms with Crippen LogP contribution < -0.4 is 4.74 Å². The molecule has 1 heterocycles. The summed E-state index contributed by atoms with van der Waals surface area (Å²) in [5, 5.41) is 0. The van der Waals surface area contributed by atoms with Crippen molar-refractivity contribution in [1.29, 1.82) is 0 Å². The average molecular weight is 421 g/mol. The second kappa shape index (κ2) is 8.91. The summed E-state index contributed by atoms with van der Waals surface area (Å²) in [5.41, 5.74) is 1.37. The van der Waals surface area contributed by atoms with Crippen molar-refractivity contribution in [2.45, 2.75) is 0 Å². The molecule has 1 saturated heterocycles. The van der Waals surface area contributed by atoms with E-state index in [0.717, 1.165) is 10.0 Å². The lowest BCUT2D eigenvalue weighted by Crippen LogP contribution is -2.43. The molecular formula is C19H18BrFN2O3. The standard InChI is InChI=1S/C19H18BrFN2O3/c20-17-10-14(12-22-16-3-1-2-15(21)11-16)4-5-18(17)26-13-19(24)23-6-8-25-9-7-23/h1-5,10-12H,6-9,13H2. The molecule has 0 aliphatic carbocycles. The largest absolute Gasteiger partial charge is 0.483 e. The van der Waals surface area contributed by atoms with Gasteiger partial charge in [0.15, 0.2) is 6.61 Å². The predicted octanol–water partition coefficient (Wildman–Crippen LogP) is 3.58. The third-order valence-corrected chi connectivity index (χ3v) is 4.46. The Bertz CT molecular complexity index is 807. The van der Waals surface area contributed by atoms with Crippen LogP contribution >= 0.6 is 15.9 Å². The second-order valence-electron chi connectivity index (χ2n) is 5.71. The van der Waals surface area contributed by atoms with Crippen molar-refractivity contribution >= 4 is 33.7 Å². The first kappa shape index (κ1) is 18.5. The topological polar surface area (TPSA) is 51.1 Å². The second-order valence-corrected chi connectivity index (χ2v) is 6.56. The maximum absolute atomic E-state index is 13.2. The smallest absolute Gasteiger partial charge is 0.260 e. The van der Waals surface area contributed by atoms with Crippen molar-refractivity contribution < 1.29 is 18.7 Å². The van der Waals surface area contributed by atoms with E-state index in [2.05, 4.69) is 20.9 Å². The van der Waals surface area contributed by atoms with Gasteiger partial charge in [-0.2, -0.15) is 0 Å². The Kier molecular flexibility index (Phi) is 6.35. The van der Waals surface area contributed by atoms with E-state index in [4.69, 9.17) is 9.47 Å². The van der Waals surface area contributed by atoms with E-state index in [9.17, 15) is 9.18 Å². The van der Waals surface area contributed by atoms with Gasteiger partial charge in [0.25, 0.3) is 5.91 Å². The zero-order chi connectivity index (χ0) is 18.4. The van der Waals surface area contributed by atoms with E-state index in [1.165, 1.54) is 12.1 Å². The molecule has 0 aromatic heterocycles.